The number of hydrogen-bond acceptors (Lipinski definition) is 2. The Morgan fingerprint density at radius 1 is 0.958 bits per heavy atom. The Hall–Kier alpha value is -2.94. The Bertz CT molecular complexity index is 930. The standard InChI is InChI=1S/C21H18N2O/c24-21(23-14-13-16-5-1-2-7-18(16)15-23)12-11-19-10-9-17-6-3-4-8-20(17)22-19/h1-12H,13-15H2/b12-11+. The summed E-state index contributed by atoms with van der Waals surface area (Å²) < 4.78 is 0. The summed E-state index contributed by atoms with van der Waals surface area (Å²) in [5, 5.41) is 1.11. The van der Waals surface area contributed by atoms with Gasteiger partial charge in [-0.25, -0.2) is 4.98 Å². The van der Waals surface area contributed by atoms with Crippen LogP contribution in [0.2, 0.25) is 0 Å². The third-order valence-corrected chi connectivity index (χ3v) is 4.46. The van der Waals surface area contributed by atoms with Crippen LogP contribution in [0.5, 0.6) is 0 Å². The highest BCUT2D eigenvalue weighted by atomic mass is 16.2. The molecular formula is C21H18N2O. The van der Waals surface area contributed by atoms with Crippen LogP contribution in [0.25, 0.3) is 17.0 Å². The molecule has 0 radical (unpaired) electrons. The van der Waals surface area contributed by atoms with E-state index < -0.39 is 0 Å². The van der Waals surface area contributed by atoms with Crippen molar-refractivity contribution in [3.05, 3.63) is 83.6 Å². The Labute approximate surface area is 141 Å². The van der Waals surface area contributed by atoms with Gasteiger partial charge in [-0.05, 0) is 35.8 Å². The van der Waals surface area contributed by atoms with Gasteiger partial charge >= 0.3 is 0 Å². The summed E-state index contributed by atoms with van der Waals surface area (Å²) >= 11 is 0. The Kier molecular flexibility index (Phi) is 3.83. The van der Waals surface area contributed by atoms with E-state index in [-0.39, 0.29) is 5.91 Å². The molecule has 3 heteroatoms. The van der Waals surface area contributed by atoms with Gasteiger partial charge in [-0.2, -0.15) is 0 Å². The van der Waals surface area contributed by atoms with Crippen LogP contribution < -0.4 is 0 Å². The van der Waals surface area contributed by atoms with Crippen LogP contribution in [0.4, 0.5) is 0 Å². The average Bonchev–Trinajstić information content (AvgIpc) is 2.65. The third-order valence-electron chi connectivity index (χ3n) is 4.46. The number of fused-ring (bicyclic) bond motifs is 2. The zero-order valence-corrected chi connectivity index (χ0v) is 13.4. The molecule has 0 N–H and O–H groups in total. The van der Waals surface area contributed by atoms with E-state index in [1.165, 1.54) is 11.1 Å². The van der Waals surface area contributed by atoms with Crippen LogP contribution in [0, 0.1) is 0 Å². The molecule has 4 rings (SSSR count). The Morgan fingerprint density at radius 3 is 2.67 bits per heavy atom. The largest absolute Gasteiger partial charge is 0.334 e. The molecule has 0 aliphatic carbocycles. The molecule has 1 aromatic heterocycles. The lowest BCUT2D eigenvalue weighted by Crippen LogP contribution is -2.34. The number of nitrogens with zero attached hydrogens (tertiary/aromatic N) is 2. The molecule has 0 bridgehead atoms. The molecule has 1 amide bonds. The van der Waals surface area contributed by atoms with Gasteiger partial charge in [-0.1, -0.05) is 48.5 Å². The second-order valence-electron chi connectivity index (χ2n) is 6.04. The smallest absolute Gasteiger partial charge is 0.246 e. The van der Waals surface area contributed by atoms with E-state index >= 15 is 0 Å². The highest BCUT2D eigenvalue weighted by molar-refractivity contribution is 5.92. The molecule has 2 aromatic carbocycles. The molecule has 2 heterocycles. The summed E-state index contributed by atoms with van der Waals surface area (Å²) in [5.74, 6) is 0.0412. The van der Waals surface area contributed by atoms with E-state index in [1.807, 2.05) is 47.4 Å². The number of rotatable bonds is 2. The van der Waals surface area contributed by atoms with Crippen molar-refractivity contribution in [3.8, 4) is 0 Å². The Morgan fingerprint density at radius 2 is 1.75 bits per heavy atom. The maximum absolute atomic E-state index is 12.5. The number of amides is 1. The fourth-order valence-electron chi connectivity index (χ4n) is 3.12. The molecule has 24 heavy (non-hydrogen) atoms. The highest BCUT2D eigenvalue weighted by Gasteiger charge is 2.18. The summed E-state index contributed by atoms with van der Waals surface area (Å²) in [6.45, 7) is 1.45. The first kappa shape index (κ1) is 14.6. The zero-order valence-electron chi connectivity index (χ0n) is 13.4. The summed E-state index contributed by atoms with van der Waals surface area (Å²) in [6, 6.07) is 20.3. The lowest BCUT2D eigenvalue weighted by Gasteiger charge is -2.27. The number of pyridine rings is 1. The van der Waals surface area contributed by atoms with Crippen molar-refractivity contribution in [1.82, 2.24) is 9.88 Å². The van der Waals surface area contributed by atoms with Gasteiger partial charge in [0.25, 0.3) is 0 Å². The van der Waals surface area contributed by atoms with E-state index in [2.05, 4.69) is 23.2 Å². The van der Waals surface area contributed by atoms with E-state index in [0.717, 1.165) is 29.6 Å². The predicted octanol–water partition coefficient (Wildman–Crippen LogP) is 3.83. The van der Waals surface area contributed by atoms with Crippen LogP contribution in [0.15, 0.2) is 66.7 Å². The normalized spacial score (nSPS) is 14.1. The van der Waals surface area contributed by atoms with Crippen LogP contribution in [0.3, 0.4) is 0 Å². The second kappa shape index (κ2) is 6.28. The molecule has 0 spiro atoms. The van der Waals surface area contributed by atoms with Crippen molar-refractivity contribution < 1.29 is 4.79 Å². The van der Waals surface area contributed by atoms with Crippen LogP contribution in [-0.2, 0) is 17.8 Å². The number of carbonyl (C=O) groups excluding carboxylic acids is 1. The van der Waals surface area contributed by atoms with Gasteiger partial charge in [-0.15, -0.1) is 0 Å². The molecule has 3 aromatic rings. The molecule has 0 fully saturated rings. The lowest BCUT2D eigenvalue weighted by molar-refractivity contribution is -0.126. The quantitative estimate of drug-likeness (QED) is 0.674. The van der Waals surface area contributed by atoms with Crippen LogP contribution >= 0.6 is 0 Å². The fraction of sp³-hybridized carbons (Fsp3) is 0.143. The number of aromatic nitrogens is 1. The van der Waals surface area contributed by atoms with Crippen molar-refractivity contribution >= 4 is 22.9 Å². The van der Waals surface area contributed by atoms with Gasteiger partial charge in [0.05, 0.1) is 11.2 Å². The third kappa shape index (κ3) is 2.93. The lowest BCUT2D eigenvalue weighted by atomic mass is 10.00. The van der Waals surface area contributed by atoms with Gasteiger partial charge in [-0.3, -0.25) is 4.79 Å². The first-order valence-electron chi connectivity index (χ1n) is 8.19. The molecule has 3 nitrogen and oxygen atoms in total. The van der Waals surface area contributed by atoms with Crippen LogP contribution in [0.1, 0.15) is 16.8 Å². The number of para-hydroxylation sites is 1. The van der Waals surface area contributed by atoms with Crippen molar-refractivity contribution in [2.24, 2.45) is 0 Å². The number of carbonyl (C=O) groups is 1. The topological polar surface area (TPSA) is 33.2 Å². The van der Waals surface area contributed by atoms with E-state index in [4.69, 9.17) is 0 Å². The zero-order chi connectivity index (χ0) is 16.4. The molecule has 0 atom stereocenters. The van der Waals surface area contributed by atoms with E-state index in [9.17, 15) is 4.79 Å². The van der Waals surface area contributed by atoms with E-state index in [0.29, 0.717) is 6.54 Å². The van der Waals surface area contributed by atoms with Gasteiger partial charge in [0, 0.05) is 24.6 Å². The number of hydrogen-bond donors (Lipinski definition) is 0. The van der Waals surface area contributed by atoms with Crippen molar-refractivity contribution in [2.75, 3.05) is 6.54 Å². The minimum Gasteiger partial charge on any atom is -0.334 e. The average molecular weight is 314 g/mol. The van der Waals surface area contributed by atoms with Gasteiger partial charge in [0.15, 0.2) is 0 Å². The SMILES string of the molecule is O=C(/C=C/c1ccc2ccccc2n1)N1CCc2ccccc2C1. The summed E-state index contributed by atoms with van der Waals surface area (Å²) in [7, 11) is 0. The summed E-state index contributed by atoms with van der Waals surface area (Å²) in [5.41, 5.74) is 4.34. The van der Waals surface area contributed by atoms with E-state index in [1.54, 1.807) is 12.2 Å². The predicted molar refractivity (Wildman–Crippen MR) is 96.3 cm³/mol. The van der Waals surface area contributed by atoms with Crippen LogP contribution in [-0.4, -0.2) is 22.3 Å². The highest BCUT2D eigenvalue weighted by Crippen LogP contribution is 2.19. The first-order valence-corrected chi connectivity index (χ1v) is 8.19. The van der Waals surface area contributed by atoms with Gasteiger partial charge < -0.3 is 4.90 Å². The minimum atomic E-state index is 0.0412. The molecule has 0 saturated carbocycles. The maximum atomic E-state index is 12.5. The van der Waals surface area contributed by atoms with Crippen molar-refractivity contribution in [3.63, 3.8) is 0 Å². The second-order valence-corrected chi connectivity index (χ2v) is 6.04. The maximum Gasteiger partial charge on any atom is 0.246 e. The molecule has 1 aliphatic rings. The monoisotopic (exact) mass is 314 g/mol. The molecule has 1 aliphatic heterocycles. The molecular weight excluding hydrogens is 296 g/mol. The number of benzene rings is 2. The molecule has 118 valence electrons. The van der Waals surface area contributed by atoms with Crippen molar-refractivity contribution in [2.45, 2.75) is 13.0 Å². The van der Waals surface area contributed by atoms with Crippen molar-refractivity contribution in [1.29, 1.82) is 0 Å². The summed E-state index contributed by atoms with van der Waals surface area (Å²) in [4.78, 5) is 18.9. The first-order chi connectivity index (χ1) is 11.8. The molecule has 0 saturated heterocycles. The van der Waals surface area contributed by atoms with Gasteiger partial charge in [0.1, 0.15) is 0 Å². The minimum absolute atomic E-state index is 0.0412. The Balaban J connectivity index is 1.50. The summed E-state index contributed by atoms with van der Waals surface area (Å²) in [6.07, 6.45) is 4.35. The fourth-order valence-corrected chi connectivity index (χ4v) is 3.12. The van der Waals surface area contributed by atoms with Gasteiger partial charge in [0.2, 0.25) is 5.91 Å². The molecule has 0 unspecified atom stereocenters.